The standard InChI is InChI=1S/C13H15N3OS/c1-2-9-5-7-18-11(9)8-16-13(17)12-10(14)4-3-6-15-12/h3-7H,2,8,14H2,1H3,(H,16,17). The van der Waals surface area contributed by atoms with Crippen molar-refractivity contribution in [2.24, 2.45) is 0 Å². The third-order valence-electron chi connectivity index (χ3n) is 2.68. The van der Waals surface area contributed by atoms with Crippen LogP contribution in [0.3, 0.4) is 0 Å². The number of nitrogens with one attached hydrogen (secondary N) is 1. The Morgan fingerprint density at radius 3 is 3.06 bits per heavy atom. The summed E-state index contributed by atoms with van der Waals surface area (Å²) < 4.78 is 0. The van der Waals surface area contributed by atoms with E-state index in [0.717, 1.165) is 6.42 Å². The second-order valence-electron chi connectivity index (χ2n) is 3.85. The van der Waals surface area contributed by atoms with Crippen molar-refractivity contribution in [1.82, 2.24) is 10.3 Å². The van der Waals surface area contributed by atoms with Crippen LogP contribution in [0.15, 0.2) is 29.8 Å². The van der Waals surface area contributed by atoms with E-state index in [9.17, 15) is 4.79 Å². The van der Waals surface area contributed by atoms with Gasteiger partial charge in [-0.25, -0.2) is 4.98 Å². The van der Waals surface area contributed by atoms with Gasteiger partial charge in [-0.15, -0.1) is 11.3 Å². The average molecular weight is 261 g/mol. The van der Waals surface area contributed by atoms with Gasteiger partial charge in [-0.05, 0) is 35.6 Å². The van der Waals surface area contributed by atoms with Crippen LogP contribution in [0.5, 0.6) is 0 Å². The number of aromatic nitrogens is 1. The molecule has 0 aromatic carbocycles. The van der Waals surface area contributed by atoms with Crippen LogP contribution in [0, 0.1) is 0 Å². The van der Waals surface area contributed by atoms with Crippen molar-refractivity contribution in [1.29, 1.82) is 0 Å². The molecular weight excluding hydrogens is 246 g/mol. The minimum atomic E-state index is -0.233. The van der Waals surface area contributed by atoms with Gasteiger partial charge in [0.15, 0.2) is 5.69 Å². The first-order valence-electron chi connectivity index (χ1n) is 5.76. The number of hydrogen-bond donors (Lipinski definition) is 2. The molecule has 2 heterocycles. The molecule has 0 spiro atoms. The molecule has 0 atom stereocenters. The predicted octanol–water partition coefficient (Wildman–Crippen LogP) is 2.22. The monoisotopic (exact) mass is 261 g/mol. The Kier molecular flexibility index (Phi) is 3.94. The van der Waals surface area contributed by atoms with E-state index in [1.165, 1.54) is 10.4 Å². The molecule has 2 aromatic heterocycles. The highest BCUT2D eigenvalue weighted by atomic mass is 32.1. The summed E-state index contributed by atoms with van der Waals surface area (Å²) in [4.78, 5) is 17.1. The van der Waals surface area contributed by atoms with Crippen molar-refractivity contribution in [3.8, 4) is 0 Å². The lowest BCUT2D eigenvalue weighted by molar-refractivity contribution is 0.0947. The second kappa shape index (κ2) is 5.64. The smallest absolute Gasteiger partial charge is 0.272 e. The van der Waals surface area contributed by atoms with E-state index in [1.807, 2.05) is 5.38 Å². The molecule has 2 rings (SSSR count). The number of hydrogen-bond acceptors (Lipinski definition) is 4. The largest absolute Gasteiger partial charge is 0.397 e. The molecule has 0 saturated carbocycles. The molecule has 0 radical (unpaired) electrons. The van der Waals surface area contributed by atoms with E-state index < -0.39 is 0 Å². The van der Waals surface area contributed by atoms with Gasteiger partial charge in [0, 0.05) is 11.1 Å². The Balaban J connectivity index is 2.03. The Labute approximate surface area is 110 Å². The van der Waals surface area contributed by atoms with Gasteiger partial charge in [-0.1, -0.05) is 6.92 Å². The van der Waals surface area contributed by atoms with E-state index in [2.05, 4.69) is 23.3 Å². The van der Waals surface area contributed by atoms with Crippen LogP contribution in [0.2, 0.25) is 0 Å². The molecule has 0 aliphatic rings. The van der Waals surface area contributed by atoms with Gasteiger partial charge in [0.05, 0.1) is 12.2 Å². The van der Waals surface area contributed by atoms with E-state index in [4.69, 9.17) is 5.73 Å². The average Bonchev–Trinajstić information content (AvgIpc) is 2.84. The second-order valence-corrected chi connectivity index (χ2v) is 4.85. The Morgan fingerprint density at radius 2 is 2.33 bits per heavy atom. The summed E-state index contributed by atoms with van der Waals surface area (Å²) in [5, 5.41) is 4.88. The number of nitrogens with zero attached hydrogens (tertiary/aromatic N) is 1. The summed E-state index contributed by atoms with van der Waals surface area (Å²) >= 11 is 1.65. The molecule has 18 heavy (non-hydrogen) atoms. The zero-order valence-corrected chi connectivity index (χ0v) is 11.0. The minimum Gasteiger partial charge on any atom is -0.397 e. The van der Waals surface area contributed by atoms with Crippen LogP contribution >= 0.6 is 11.3 Å². The van der Waals surface area contributed by atoms with E-state index >= 15 is 0 Å². The summed E-state index contributed by atoms with van der Waals surface area (Å²) in [6.07, 6.45) is 2.54. The third kappa shape index (κ3) is 2.68. The number of carbonyl (C=O) groups excluding carboxylic acids is 1. The van der Waals surface area contributed by atoms with Gasteiger partial charge in [-0.2, -0.15) is 0 Å². The fourth-order valence-electron chi connectivity index (χ4n) is 1.69. The van der Waals surface area contributed by atoms with Crippen LogP contribution in [-0.2, 0) is 13.0 Å². The van der Waals surface area contributed by atoms with Crippen LogP contribution in [-0.4, -0.2) is 10.9 Å². The number of carbonyl (C=O) groups is 1. The molecule has 1 amide bonds. The first-order valence-corrected chi connectivity index (χ1v) is 6.64. The summed E-state index contributed by atoms with van der Waals surface area (Å²) in [6.45, 7) is 2.62. The molecule has 3 N–H and O–H groups in total. The fraction of sp³-hybridized carbons (Fsp3) is 0.231. The number of nitrogens with two attached hydrogens (primary N) is 1. The molecule has 2 aromatic rings. The maximum atomic E-state index is 11.9. The van der Waals surface area contributed by atoms with Crippen molar-refractivity contribution in [3.63, 3.8) is 0 Å². The first-order chi connectivity index (χ1) is 8.72. The highest BCUT2D eigenvalue weighted by Gasteiger charge is 2.11. The van der Waals surface area contributed by atoms with Crippen LogP contribution < -0.4 is 11.1 Å². The minimum absolute atomic E-state index is 0.233. The molecule has 94 valence electrons. The normalized spacial score (nSPS) is 10.3. The quantitative estimate of drug-likeness (QED) is 0.886. The lowest BCUT2D eigenvalue weighted by Gasteiger charge is -2.06. The summed E-state index contributed by atoms with van der Waals surface area (Å²) in [5.41, 5.74) is 7.66. The molecule has 0 saturated heterocycles. The van der Waals surface area contributed by atoms with Crippen LogP contribution in [0.4, 0.5) is 5.69 Å². The fourth-order valence-corrected chi connectivity index (χ4v) is 2.60. The lowest BCUT2D eigenvalue weighted by atomic mass is 10.2. The van der Waals surface area contributed by atoms with Gasteiger partial charge < -0.3 is 11.1 Å². The molecule has 0 aliphatic heterocycles. The molecule has 0 bridgehead atoms. The summed E-state index contributed by atoms with van der Waals surface area (Å²) in [5.74, 6) is -0.233. The van der Waals surface area contributed by atoms with Crippen LogP contribution in [0.25, 0.3) is 0 Å². The zero-order chi connectivity index (χ0) is 13.0. The van der Waals surface area contributed by atoms with Crippen LogP contribution in [0.1, 0.15) is 27.9 Å². The summed E-state index contributed by atoms with van der Waals surface area (Å²) in [6, 6.07) is 5.46. The zero-order valence-electron chi connectivity index (χ0n) is 10.1. The number of rotatable bonds is 4. The van der Waals surface area contributed by atoms with E-state index in [1.54, 1.807) is 29.7 Å². The maximum absolute atomic E-state index is 11.9. The SMILES string of the molecule is CCc1ccsc1CNC(=O)c1ncccc1N. The molecule has 5 heteroatoms. The first kappa shape index (κ1) is 12.6. The number of nitrogen functional groups attached to an aromatic ring is 1. The van der Waals surface area contributed by atoms with Gasteiger partial charge in [0.1, 0.15) is 0 Å². The van der Waals surface area contributed by atoms with E-state index in [-0.39, 0.29) is 11.6 Å². The lowest BCUT2D eigenvalue weighted by Crippen LogP contribution is -2.24. The molecule has 0 unspecified atom stereocenters. The molecular formula is C13H15N3OS. The predicted molar refractivity (Wildman–Crippen MR) is 73.5 cm³/mol. The van der Waals surface area contributed by atoms with Gasteiger partial charge >= 0.3 is 0 Å². The number of amides is 1. The number of anilines is 1. The molecule has 0 aliphatic carbocycles. The Morgan fingerprint density at radius 1 is 1.50 bits per heavy atom. The number of pyridine rings is 1. The Bertz CT molecular complexity index is 551. The van der Waals surface area contributed by atoms with Crippen molar-refractivity contribution in [2.75, 3.05) is 5.73 Å². The number of aryl methyl sites for hydroxylation is 1. The molecule has 4 nitrogen and oxygen atoms in total. The third-order valence-corrected chi connectivity index (χ3v) is 3.65. The van der Waals surface area contributed by atoms with Crippen molar-refractivity contribution >= 4 is 22.9 Å². The number of thiophene rings is 1. The Hall–Kier alpha value is -1.88. The molecule has 0 fully saturated rings. The van der Waals surface area contributed by atoms with Crippen molar-refractivity contribution in [2.45, 2.75) is 19.9 Å². The summed E-state index contributed by atoms with van der Waals surface area (Å²) in [7, 11) is 0. The van der Waals surface area contributed by atoms with Crippen molar-refractivity contribution in [3.05, 3.63) is 45.9 Å². The van der Waals surface area contributed by atoms with E-state index in [0.29, 0.717) is 12.2 Å². The van der Waals surface area contributed by atoms with Crippen molar-refractivity contribution < 1.29 is 4.79 Å². The topological polar surface area (TPSA) is 68.0 Å². The maximum Gasteiger partial charge on any atom is 0.272 e. The van der Waals surface area contributed by atoms with Gasteiger partial charge in [0.25, 0.3) is 5.91 Å². The highest BCUT2D eigenvalue weighted by molar-refractivity contribution is 7.10. The highest BCUT2D eigenvalue weighted by Crippen LogP contribution is 2.17. The van der Waals surface area contributed by atoms with Gasteiger partial charge in [-0.3, -0.25) is 4.79 Å². The van der Waals surface area contributed by atoms with Gasteiger partial charge in [0.2, 0.25) is 0 Å².